The molecule has 0 saturated heterocycles. The maximum atomic E-state index is 13.4. The van der Waals surface area contributed by atoms with Gasteiger partial charge in [-0.2, -0.15) is 0 Å². The Labute approximate surface area is 83.6 Å². The molecule has 0 aromatic heterocycles. The Kier molecular flexibility index (Phi) is 2.31. The SMILES string of the molecule is CC(C)[C@H]1c2cccc(F)c2C[C@H]1O. The molecule has 0 radical (unpaired) electrons. The fraction of sp³-hybridized carbons (Fsp3) is 0.500. The van der Waals surface area contributed by atoms with Crippen LogP contribution in [0.3, 0.4) is 0 Å². The van der Waals surface area contributed by atoms with Gasteiger partial charge in [0.15, 0.2) is 0 Å². The van der Waals surface area contributed by atoms with Crippen molar-refractivity contribution in [3.8, 4) is 0 Å². The summed E-state index contributed by atoms with van der Waals surface area (Å²) in [5, 5.41) is 9.84. The predicted octanol–water partition coefficient (Wildman–Crippen LogP) is 2.48. The van der Waals surface area contributed by atoms with Crippen LogP contribution >= 0.6 is 0 Å². The zero-order valence-corrected chi connectivity index (χ0v) is 8.50. The van der Waals surface area contributed by atoms with Gasteiger partial charge in [-0.3, -0.25) is 0 Å². The number of aliphatic hydroxyl groups is 1. The van der Waals surface area contributed by atoms with Crippen LogP contribution in [0.2, 0.25) is 0 Å². The van der Waals surface area contributed by atoms with Crippen molar-refractivity contribution in [2.75, 3.05) is 0 Å². The molecule has 0 spiro atoms. The number of rotatable bonds is 1. The van der Waals surface area contributed by atoms with Gasteiger partial charge in [-0.1, -0.05) is 26.0 Å². The summed E-state index contributed by atoms with van der Waals surface area (Å²) < 4.78 is 13.4. The Morgan fingerprint density at radius 1 is 1.43 bits per heavy atom. The Morgan fingerprint density at radius 2 is 2.14 bits per heavy atom. The average molecular weight is 194 g/mol. The Morgan fingerprint density at radius 3 is 2.79 bits per heavy atom. The van der Waals surface area contributed by atoms with Crippen molar-refractivity contribution in [1.29, 1.82) is 0 Å². The van der Waals surface area contributed by atoms with Crippen molar-refractivity contribution in [1.82, 2.24) is 0 Å². The smallest absolute Gasteiger partial charge is 0.126 e. The summed E-state index contributed by atoms with van der Waals surface area (Å²) in [6.07, 6.45) is 0.0482. The molecule has 1 aromatic rings. The number of halogens is 1. The van der Waals surface area contributed by atoms with E-state index in [0.717, 1.165) is 5.56 Å². The summed E-state index contributed by atoms with van der Waals surface area (Å²) in [4.78, 5) is 0. The van der Waals surface area contributed by atoms with Crippen LogP contribution in [0.15, 0.2) is 18.2 Å². The highest BCUT2D eigenvalue weighted by Crippen LogP contribution is 2.39. The second-order valence-corrected chi connectivity index (χ2v) is 4.35. The van der Waals surface area contributed by atoms with Crippen molar-refractivity contribution in [3.05, 3.63) is 35.1 Å². The highest BCUT2D eigenvalue weighted by Gasteiger charge is 2.34. The number of aliphatic hydroxyl groups excluding tert-OH is 1. The number of benzene rings is 1. The van der Waals surface area contributed by atoms with Gasteiger partial charge in [-0.05, 0) is 23.1 Å². The first-order valence-corrected chi connectivity index (χ1v) is 5.06. The first-order valence-electron chi connectivity index (χ1n) is 5.06. The van der Waals surface area contributed by atoms with E-state index in [9.17, 15) is 9.50 Å². The van der Waals surface area contributed by atoms with Crippen LogP contribution in [0.25, 0.3) is 0 Å². The normalized spacial score (nSPS) is 25.5. The van der Waals surface area contributed by atoms with Crippen molar-refractivity contribution in [3.63, 3.8) is 0 Å². The molecule has 0 amide bonds. The van der Waals surface area contributed by atoms with Gasteiger partial charge in [-0.15, -0.1) is 0 Å². The van der Waals surface area contributed by atoms with Crippen molar-refractivity contribution >= 4 is 0 Å². The summed E-state index contributed by atoms with van der Waals surface area (Å²) in [5.41, 5.74) is 1.70. The average Bonchev–Trinajstić information content (AvgIpc) is 2.42. The second-order valence-electron chi connectivity index (χ2n) is 4.35. The Hall–Kier alpha value is -0.890. The lowest BCUT2D eigenvalue weighted by atomic mass is 9.88. The van der Waals surface area contributed by atoms with Crippen molar-refractivity contribution in [2.45, 2.75) is 32.3 Å². The third-order valence-electron chi connectivity index (χ3n) is 3.06. The van der Waals surface area contributed by atoms with Gasteiger partial charge in [0, 0.05) is 12.3 Å². The summed E-state index contributed by atoms with van der Waals surface area (Å²) in [7, 11) is 0. The summed E-state index contributed by atoms with van der Waals surface area (Å²) in [6.45, 7) is 4.13. The monoisotopic (exact) mass is 194 g/mol. The van der Waals surface area contributed by atoms with Gasteiger partial charge < -0.3 is 5.11 Å². The Bertz CT molecular complexity index is 346. The van der Waals surface area contributed by atoms with E-state index in [2.05, 4.69) is 13.8 Å². The molecule has 2 atom stereocenters. The molecular weight excluding hydrogens is 179 g/mol. The van der Waals surface area contributed by atoms with Crippen LogP contribution < -0.4 is 0 Å². The summed E-state index contributed by atoms with van der Waals surface area (Å²) in [6, 6.07) is 5.12. The van der Waals surface area contributed by atoms with Crippen molar-refractivity contribution in [2.24, 2.45) is 5.92 Å². The topological polar surface area (TPSA) is 20.2 Å². The molecule has 0 saturated carbocycles. The van der Waals surface area contributed by atoms with E-state index in [4.69, 9.17) is 0 Å². The van der Waals surface area contributed by atoms with E-state index >= 15 is 0 Å². The number of fused-ring (bicyclic) bond motifs is 1. The van der Waals surface area contributed by atoms with Gasteiger partial charge in [-0.25, -0.2) is 4.39 Å². The Balaban J connectivity index is 2.47. The standard InChI is InChI=1S/C12H15FO/c1-7(2)12-8-4-3-5-10(13)9(8)6-11(12)14/h3-5,7,11-12,14H,6H2,1-2H3/t11-,12+/m1/s1. The first kappa shape index (κ1) is 9.66. The van der Waals surface area contributed by atoms with Gasteiger partial charge in [0.05, 0.1) is 6.10 Å². The van der Waals surface area contributed by atoms with E-state index in [1.54, 1.807) is 6.07 Å². The minimum absolute atomic E-state index is 0.0979. The minimum atomic E-state index is -0.415. The third-order valence-corrected chi connectivity index (χ3v) is 3.06. The molecule has 0 unspecified atom stereocenters. The van der Waals surface area contributed by atoms with Gasteiger partial charge in [0.2, 0.25) is 0 Å². The fourth-order valence-electron chi connectivity index (χ4n) is 2.45. The van der Waals surface area contributed by atoms with Gasteiger partial charge >= 0.3 is 0 Å². The zero-order chi connectivity index (χ0) is 10.3. The molecule has 2 heteroatoms. The molecule has 76 valence electrons. The third kappa shape index (κ3) is 1.34. The molecule has 1 aliphatic carbocycles. The van der Waals surface area contributed by atoms with Crippen LogP contribution in [0, 0.1) is 11.7 Å². The molecule has 0 aliphatic heterocycles. The summed E-state index contributed by atoms with van der Waals surface area (Å²) in [5.74, 6) is 0.276. The van der Waals surface area contributed by atoms with E-state index in [1.165, 1.54) is 6.07 Å². The van der Waals surface area contributed by atoms with Crippen LogP contribution in [0.1, 0.15) is 30.9 Å². The lowest BCUT2D eigenvalue weighted by Crippen LogP contribution is -2.18. The highest BCUT2D eigenvalue weighted by atomic mass is 19.1. The molecule has 1 nitrogen and oxygen atoms in total. The predicted molar refractivity (Wildman–Crippen MR) is 53.7 cm³/mol. The maximum Gasteiger partial charge on any atom is 0.126 e. The molecule has 1 aliphatic rings. The largest absolute Gasteiger partial charge is 0.392 e. The van der Waals surface area contributed by atoms with Crippen LogP contribution in [-0.2, 0) is 6.42 Å². The van der Waals surface area contributed by atoms with Gasteiger partial charge in [0.25, 0.3) is 0 Å². The molecule has 0 fully saturated rings. The molecule has 14 heavy (non-hydrogen) atoms. The van der Waals surface area contributed by atoms with E-state index in [1.807, 2.05) is 6.07 Å². The fourth-order valence-corrected chi connectivity index (χ4v) is 2.45. The minimum Gasteiger partial charge on any atom is -0.392 e. The van der Waals surface area contributed by atoms with Crippen LogP contribution in [0.5, 0.6) is 0 Å². The van der Waals surface area contributed by atoms with E-state index in [-0.39, 0.29) is 11.7 Å². The lowest BCUT2D eigenvalue weighted by Gasteiger charge is -2.19. The van der Waals surface area contributed by atoms with Crippen LogP contribution in [0.4, 0.5) is 4.39 Å². The summed E-state index contributed by atoms with van der Waals surface area (Å²) >= 11 is 0. The molecule has 1 N–H and O–H groups in total. The van der Waals surface area contributed by atoms with Crippen LogP contribution in [-0.4, -0.2) is 11.2 Å². The molecule has 0 bridgehead atoms. The highest BCUT2D eigenvalue weighted by molar-refractivity contribution is 5.38. The number of hydrogen-bond acceptors (Lipinski definition) is 1. The van der Waals surface area contributed by atoms with Gasteiger partial charge in [0.1, 0.15) is 5.82 Å². The molecule has 1 aromatic carbocycles. The van der Waals surface area contributed by atoms with E-state index in [0.29, 0.717) is 17.9 Å². The molecule has 0 heterocycles. The van der Waals surface area contributed by atoms with Crippen molar-refractivity contribution < 1.29 is 9.50 Å². The first-order chi connectivity index (χ1) is 6.61. The maximum absolute atomic E-state index is 13.4. The number of hydrogen-bond donors (Lipinski definition) is 1. The molecular formula is C12H15FO. The quantitative estimate of drug-likeness (QED) is 0.728. The second kappa shape index (κ2) is 3.35. The van der Waals surface area contributed by atoms with E-state index < -0.39 is 6.10 Å². The molecule has 2 rings (SSSR count). The lowest BCUT2D eigenvalue weighted by molar-refractivity contribution is 0.136. The zero-order valence-electron chi connectivity index (χ0n) is 8.50.